The molecule has 1 saturated carbocycles. The van der Waals surface area contributed by atoms with Crippen molar-refractivity contribution in [3.63, 3.8) is 0 Å². The lowest BCUT2D eigenvalue weighted by atomic mass is 10.1. The monoisotopic (exact) mass is 332 g/mol. The van der Waals surface area contributed by atoms with Crippen LogP contribution in [-0.4, -0.2) is 59.2 Å². The van der Waals surface area contributed by atoms with Crippen LogP contribution in [0.5, 0.6) is 5.75 Å². The summed E-state index contributed by atoms with van der Waals surface area (Å²) in [6.07, 6.45) is 4.32. The highest BCUT2D eigenvalue weighted by Gasteiger charge is 2.24. The first-order valence-electron chi connectivity index (χ1n) is 9.07. The van der Waals surface area contributed by atoms with Crippen LogP contribution in [0.25, 0.3) is 0 Å². The maximum absolute atomic E-state index is 11.8. The summed E-state index contributed by atoms with van der Waals surface area (Å²) >= 11 is 0. The zero-order chi connectivity index (χ0) is 16.9. The summed E-state index contributed by atoms with van der Waals surface area (Å²) in [7, 11) is 0. The summed E-state index contributed by atoms with van der Waals surface area (Å²) in [4.78, 5) is 15.9. The Balaban J connectivity index is 1.56. The van der Waals surface area contributed by atoms with Gasteiger partial charge in [-0.05, 0) is 38.7 Å². The van der Waals surface area contributed by atoms with Gasteiger partial charge in [0.05, 0.1) is 6.10 Å². The Labute approximate surface area is 144 Å². The van der Waals surface area contributed by atoms with Crippen molar-refractivity contribution in [2.45, 2.75) is 51.4 Å². The highest BCUT2D eigenvalue weighted by Crippen LogP contribution is 2.27. The lowest BCUT2D eigenvalue weighted by Crippen LogP contribution is -2.50. The molecule has 1 unspecified atom stereocenters. The Kier molecular flexibility index (Phi) is 5.74. The van der Waals surface area contributed by atoms with E-state index in [0.717, 1.165) is 38.2 Å². The van der Waals surface area contributed by atoms with Crippen LogP contribution in [0.3, 0.4) is 0 Å². The molecule has 24 heavy (non-hydrogen) atoms. The van der Waals surface area contributed by atoms with E-state index in [0.29, 0.717) is 19.2 Å². The summed E-state index contributed by atoms with van der Waals surface area (Å²) in [5.74, 6) is 0.839. The summed E-state index contributed by atoms with van der Waals surface area (Å²) in [6.45, 7) is 5.39. The van der Waals surface area contributed by atoms with E-state index in [1.54, 1.807) is 4.90 Å². The van der Waals surface area contributed by atoms with E-state index in [-0.39, 0.29) is 5.91 Å². The fourth-order valence-electron chi connectivity index (χ4n) is 3.57. The van der Waals surface area contributed by atoms with Gasteiger partial charge in [0.15, 0.2) is 0 Å². The van der Waals surface area contributed by atoms with Gasteiger partial charge in [-0.1, -0.05) is 18.2 Å². The SMILES string of the molecule is CC(O)C(=O)N1CCN(Cc2ccccc2OC2CCCC2)CC1. The third-order valence-electron chi connectivity index (χ3n) is 5.00. The molecule has 1 aromatic carbocycles. The first-order valence-corrected chi connectivity index (χ1v) is 9.07. The molecule has 1 saturated heterocycles. The molecular weight excluding hydrogens is 304 g/mol. The van der Waals surface area contributed by atoms with Gasteiger partial charge < -0.3 is 14.7 Å². The number of hydrogen-bond donors (Lipinski definition) is 1. The van der Waals surface area contributed by atoms with Crippen molar-refractivity contribution in [2.75, 3.05) is 26.2 Å². The Hall–Kier alpha value is -1.59. The van der Waals surface area contributed by atoms with E-state index in [9.17, 15) is 9.90 Å². The average Bonchev–Trinajstić information content (AvgIpc) is 3.10. The van der Waals surface area contributed by atoms with Crippen molar-refractivity contribution >= 4 is 5.91 Å². The quantitative estimate of drug-likeness (QED) is 0.896. The number of ether oxygens (including phenoxy) is 1. The molecule has 1 heterocycles. The Bertz CT molecular complexity index is 547. The average molecular weight is 332 g/mol. The smallest absolute Gasteiger partial charge is 0.251 e. The molecule has 0 aromatic heterocycles. The van der Waals surface area contributed by atoms with Crippen LogP contribution in [0, 0.1) is 0 Å². The molecule has 5 heteroatoms. The van der Waals surface area contributed by atoms with E-state index in [4.69, 9.17) is 4.74 Å². The maximum Gasteiger partial charge on any atom is 0.251 e. The number of aliphatic hydroxyl groups excluding tert-OH is 1. The van der Waals surface area contributed by atoms with Gasteiger partial charge in [0.1, 0.15) is 11.9 Å². The van der Waals surface area contributed by atoms with E-state index in [2.05, 4.69) is 23.1 Å². The summed E-state index contributed by atoms with van der Waals surface area (Å²) in [6, 6.07) is 8.30. The summed E-state index contributed by atoms with van der Waals surface area (Å²) < 4.78 is 6.21. The second-order valence-electron chi connectivity index (χ2n) is 6.91. The molecule has 0 bridgehead atoms. The number of amides is 1. The van der Waals surface area contributed by atoms with Gasteiger partial charge in [-0.3, -0.25) is 9.69 Å². The molecule has 1 N–H and O–H groups in total. The number of para-hydroxylation sites is 1. The maximum atomic E-state index is 11.8. The van der Waals surface area contributed by atoms with Gasteiger partial charge in [-0.15, -0.1) is 0 Å². The van der Waals surface area contributed by atoms with Gasteiger partial charge in [0, 0.05) is 38.3 Å². The number of nitrogens with zero attached hydrogens (tertiary/aromatic N) is 2. The summed E-state index contributed by atoms with van der Waals surface area (Å²) in [5, 5.41) is 9.43. The van der Waals surface area contributed by atoms with E-state index in [1.165, 1.54) is 25.3 Å². The Morgan fingerprint density at radius 2 is 1.88 bits per heavy atom. The van der Waals surface area contributed by atoms with E-state index < -0.39 is 6.10 Å². The van der Waals surface area contributed by atoms with Crippen molar-refractivity contribution in [1.29, 1.82) is 0 Å². The van der Waals surface area contributed by atoms with E-state index in [1.807, 2.05) is 6.07 Å². The normalized spacial score (nSPS) is 21.0. The Morgan fingerprint density at radius 3 is 2.54 bits per heavy atom. The molecule has 5 nitrogen and oxygen atoms in total. The zero-order valence-electron chi connectivity index (χ0n) is 14.5. The second-order valence-corrected chi connectivity index (χ2v) is 6.91. The number of benzene rings is 1. The highest BCUT2D eigenvalue weighted by molar-refractivity contribution is 5.80. The van der Waals surface area contributed by atoms with Crippen molar-refractivity contribution in [3.05, 3.63) is 29.8 Å². The first kappa shape index (κ1) is 17.2. The molecular formula is C19H28N2O3. The van der Waals surface area contributed by atoms with Crippen molar-refractivity contribution < 1.29 is 14.6 Å². The highest BCUT2D eigenvalue weighted by atomic mass is 16.5. The van der Waals surface area contributed by atoms with Gasteiger partial charge in [-0.2, -0.15) is 0 Å². The number of hydrogen-bond acceptors (Lipinski definition) is 4. The number of carbonyl (C=O) groups is 1. The van der Waals surface area contributed by atoms with Gasteiger partial charge >= 0.3 is 0 Å². The molecule has 3 rings (SSSR count). The van der Waals surface area contributed by atoms with Crippen LogP contribution >= 0.6 is 0 Å². The fourth-order valence-corrected chi connectivity index (χ4v) is 3.57. The number of piperazine rings is 1. The largest absolute Gasteiger partial charge is 0.490 e. The third-order valence-corrected chi connectivity index (χ3v) is 5.00. The summed E-state index contributed by atoms with van der Waals surface area (Å²) in [5.41, 5.74) is 1.22. The molecule has 1 amide bonds. The number of rotatable bonds is 5. The minimum Gasteiger partial charge on any atom is -0.490 e. The molecule has 2 aliphatic rings. The molecule has 0 radical (unpaired) electrons. The standard InChI is InChI=1S/C19H28N2O3/c1-15(22)19(23)21-12-10-20(11-13-21)14-16-6-2-5-9-18(16)24-17-7-3-4-8-17/h2,5-6,9,15,17,22H,3-4,7-8,10-14H2,1H3. The Morgan fingerprint density at radius 1 is 1.21 bits per heavy atom. The predicted molar refractivity (Wildman–Crippen MR) is 92.9 cm³/mol. The molecule has 1 aromatic rings. The van der Waals surface area contributed by atoms with Crippen LogP contribution in [-0.2, 0) is 11.3 Å². The van der Waals surface area contributed by atoms with Crippen LogP contribution in [0.2, 0.25) is 0 Å². The second kappa shape index (κ2) is 7.99. The molecule has 132 valence electrons. The van der Waals surface area contributed by atoms with Crippen molar-refractivity contribution in [1.82, 2.24) is 9.80 Å². The molecule has 2 fully saturated rings. The van der Waals surface area contributed by atoms with Crippen LogP contribution in [0.1, 0.15) is 38.2 Å². The molecule has 0 spiro atoms. The molecule has 1 aliphatic heterocycles. The number of aliphatic hydroxyl groups is 1. The third kappa shape index (κ3) is 4.28. The lowest BCUT2D eigenvalue weighted by Gasteiger charge is -2.35. The predicted octanol–water partition coefficient (Wildman–Crippen LogP) is 2.03. The van der Waals surface area contributed by atoms with Crippen molar-refractivity contribution in [3.8, 4) is 5.75 Å². The zero-order valence-corrected chi connectivity index (χ0v) is 14.5. The topological polar surface area (TPSA) is 53.0 Å². The van der Waals surface area contributed by atoms with Crippen LogP contribution in [0.15, 0.2) is 24.3 Å². The minimum absolute atomic E-state index is 0.167. The van der Waals surface area contributed by atoms with Crippen LogP contribution in [0.4, 0.5) is 0 Å². The molecule has 1 atom stereocenters. The van der Waals surface area contributed by atoms with Gasteiger partial charge in [-0.25, -0.2) is 0 Å². The number of carbonyl (C=O) groups excluding carboxylic acids is 1. The lowest BCUT2D eigenvalue weighted by molar-refractivity contribution is -0.141. The fraction of sp³-hybridized carbons (Fsp3) is 0.632. The van der Waals surface area contributed by atoms with E-state index >= 15 is 0 Å². The van der Waals surface area contributed by atoms with Crippen molar-refractivity contribution in [2.24, 2.45) is 0 Å². The van der Waals surface area contributed by atoms with Gasteiger partial charge in [0.25, 0.3) is 5.91 Å². The molecule has 1 aliphatic carbocycles. The first-order chi connectivity index (χ1) is 11.6. The van der Waals surface area contributed by atoms with Gasteiger partial charge in [0.2, 0.25) is 0 Å². The van der Waals surface area contributed by atoms with Crippen LogP contribution < -0.4 is 4.74 Å². The minimum atomic E-state index is -0.905.